The number of hydrogen-bond acceptors (Lipinski definition) is 6. The number of anilines is 2. The van der Waals surface area contributed by atoms with Crippen LogP contribution in [-0.2, 0) is 25.5 Å². The standard InChI is InChI=1S/C19H22N2O5/c22-18(14-26-19(23)8-7-17-2-1-11-25-17)20-15-3-5-16(6-4-15)21-9-12-24-13-10-21/h1-6,11H,7-10,12-14H2,(H,20,22). The van der Waals surface area contributed by atoms with Gasteiger partial charge in [0.1, 0.15) is 5.76 Å². The second-order valence-electron chi connectivity index (χ2n) is 5.93. The number of carbonyl (C=O) groups excluding carboxylic acids is 2. The summed E-state index contributed by atoms with van der Waals surface area (Å²) in [5.41, 5.74) is 1.76. The minimum atomic E-state index is -0.431. The van der Waals surface area contributed by atoms with E-state index in [4.69, 9.17) is 13.9 Å². The molecular formula is C19H22N2O5. The normalized spacial score (nSPS) is 14.1. The van der Waals surface area contributed by atoms with Gasteiger partial charge in [0.2, 0.25) is 0 Å². The van der Waals surface area contributed by atoms with Crippen LogP contribution in [0.2, 0.25) is 0 Å². The number of morpholine rings is 1. The van der Waals surface area contributed by atoms with Gasteiger partial charge in [0, 0.05) is 30.9 Å². The van der Waals surface area contributed by atoms with Gasteiger partial charge in [-0.15, -0.1) is 0 Å². The fraction of sp³-hybridized carbons (Fsp3) is 0.368. The average Bonchev–Trinajstić information content (AvgIpc) is 3.20. The largest absolute Gasteiger partial charge is 0.469 e. The molecular weight excluding hydrogens is 336 g/mol. The van der Waals surface area contributed by atoms with Crippen LogP contribution in [0.25, 0.3) is 0 Å². The maximum Gasteiger partial charge on any atom is 0.306 e. The third-order valence-electron chi connectivity index (χ3n) is 4.05. The highest BCUT2D eigenvalue weighted by Crippen LogP contribution is 2.19. The Hall–Kier alpha value is -2.80. The van der Waals surface area contributed by atoms with Crippen molar-refractivity contribution < 1.29 is 23.5 Å². The van der Waals surface area contributed by atoms with E-state index in [9.17, 15) is 9.59 Å². The highest BCUT2D eigenvalue weighted by molar-refractivity contribution is 5.92. The molecule has 1 aromatic heterocycles. The van der Waals surface area contributed by atoms with Gasteiger partial charge in [-0.05, 0) is 36.4 Å². The van der Waals surface area contributed by atoms with Crippen molar-refractivity contribution in [1.29, 1.82) is 0 Å². The Kier molecular flexibility index (Phi) is 6.27. The van der Waals surface area contributed by atoms with Crippen molar-refractivity contribution in [3.8, 4) is 0 Å². The van der Waals surface area contributed by atoms with Gasteiger partial charge < -0.3 is 24.1 Å². The number of carbonyl (C=O) groups is 2. The lowest BCUT2D eigenvalue weighted by atomic mass is 10.2. The Morgan fingerprint density at radius 2 is 1.88 bits per heavy atom. The summed E-state index contributed by atoms with van der Waals surface area (Å²) in [6, 6.07) is 11.1. The van der Waals surface area contributed by atoms with Gasteiger partial charge in [0.25, 0.3) is 5.91 Å². The summed E-state index contributed by atoms with van der Waals surface area (Å²) in [7, 11) is 0. The number of ether oxygens (including phenoxy) is 2. The van der Waals surface area contributed by atoms with Crippen LogP contribution < -0.4 is 10.2 Å². The predicted octanol–water partition coefficient (Wildman–Crippen LogP) is 2.23. The topological polar surface area (TPSA) is 81.0 Å². The van der Waals surface area contributed by atoms with Crippen LogP contribution in [0.1, 0.15) is 12.2 Å². The van der Waals surface area contributed by atoms with Crippen LogP contribution in [0.5, 0.6) is 0 Å². The van der Waals surface area contributed by atoms with Crippen molar-refractivity contribution in [2.24, 2.45) is 0 Å². The van der Waals surface area contributed by atoms with Crippen LogP contribution in [0.15, 0.2) is 47.1 Å². The van der Waals surface area contributed by atoms with Crippen molar-refractivity contribution in [1.82, 2.24) is 0 Å². The van der Waals surface area contributed by atoms with Crippen molar-refractivity contribution in [2.45, 2.75) is 12.8 Å². The maximum atomic E-state index is 11.9. The number of rotatable bonds is 7. The molecule has 0 bridgehead atoms. The molecule has 1 amide bonds. The lowest BCUT2D eigenvalue weighted by molar-refractivity contribution is -0.147. The monoisotopic (exact) mass is 358 g/mol. The third-order valence-corrected chi connectivity index (χ3v) is 4.05. The summed E-state index contributed by atoms with van der Waals surface area (Å²) in [6.07, 6.45) is 2.18. The third kappa shape index (κ3) is 5.35. The van der Waals surface area contributed by atoms with Gasteiger partial charge in [-0.25, -0.2) is 0 Å². The Balaban J connectivity index is 1.39. The van der Waals surface area contributed by atoms with Crippen LogP contribution in [0, 0.1) is 0 Å². The smallest absolute Gasteiger partial charge is 0.306 e. The number of amides is 1. The van der Waals surface area contributed by atoms with Crippen molar-refractivity contribution in [2.75, 3.05) is 43.1 Å². The lowest BCUT2D eigenvalue weighted by Crippen LogP contribution is -2.36. The molecule has 1 aromatic carbocycles. The van der Waals surface area contributed by atoms with Crippen LogP contribution in [0.3, 0.4) is 0 Å². The van der Waals surface area contributed by atoms with E-state index in [1.54, 1.807) is 18.4 Å². The molecule has 138 valence electrons. The number of aryl methyl sites for hydroxylation is 1. The van der Waals surface area contributed by atoms with E-state index in [1.165, 1.54) is 0 Å². The summed E-state index contributed by atoms with van der Waals surface area (Å²) >= 11 is 0. The molecule has 3 rings (SSSR count). The second-order valence-corrected chi connectivity index (χ2v) is 5.93. The molecule has 1 saturated heterocycles. The summed E-state index contributed by atoms with van der Waals surface area (Å²) in [5.74, 6) is -0.0820. The molecule has 0 radical (unpaired) electrons. The SMILES string of the molecule is O=C(COC(=O)CCc1ccco1)Nc1ccc(N2CCOCC2)cc1. The summed E-state index contributed by atoms with van der Waals surface area (Å²) in [4.78, 5) is 25.8. The zero-order chi connectivity index (χ0) is 18.2. The molecule has 0 spiro atoms. The molecule has 1 aliphatic rings. The average molecular weight is 358 g/mol. The van der Waals surface area contributed by atoms with E-state index in [-0.39, 0.29) is 18.9 Å². The predicted molar refractivity (Wildman–Crippen MR) is 96.1 cm³/mol. The summed E-state index contributed by atoms with van der Waals surface area (Å²) in [5, 5.41) is 2.72. The van der Waals surface area contributed by atoms with Crippen LogP contribution in [0.4, 0.5) is 11.4 Å². The number of esters is 1. The first-order chi connectivity index (χ1) is 12.7. The van der Waals surface area contributed by atoms with Gasteiger partial charge in [0.05, 0.1) is 25.9 Å². The molecule has 1 aliphatic heterocycles. The molecule has 0 aliphatic carbocycles. The van der Waals surface area contributed by atoms with E-state index >= 15 is 0 Å². The molecule has 1 N–H and O–H groups in total. The number of nitrogens with zero attached hydrogens (tertiary/aromatic N) is 1. The van der Waals surface area contributed by atoms with Crippen LogP contribution in [-0.4, -0.2) is 44.8 Å². The lowest BCUT2D eigenvalue weighted by Gasteiger charge is -2.28. The Bertz CT molecular complexity index is 706. The highest BCUT2D eigenvalue weighted by Gasteiger charge is 2.12. The quantitative estimate of drug-likeness (QED) is 0.765. The fourth-order valence-electron chi connectivity index (χ4n) is 2.67. The van der Waals surface area contributed by atoms with Gasteiger partial charge in [-0.3, -0.25) is 9.59 Å². The van der Waals surface area contributed by atoms with Crippen molar-refractivity contribution in [3.63, 3.8) is 0 Å². The zero-order valence-electron chi connectivity index (χ0n) is 14.5. The van der Waals surface area contributed by atoms with E-state index in [1.807, 2.05) is 24.3 Å². The molecule has 7 heteroatoms. The molecule has 2 aromatic rings. The Morgan fingerprint density at radius 1 is 1.12 bits per heavy atom. The van der Waals surface area contributed by atoms with E-state index in [0.717, 1.165) is 32.0 Å². The zero-order valence-corrected chi connectivity index (χ0v) is 14.5. The molecule has 2 heterocycles. The molecule has 0 atom stereocenters. The molecule has 1 fully saturated rings. The van der Waals surface area contributed by atoms with Crippen molar-refractivity contribution >= 4 is 23.3 Å². The fourth-order valence-corrected chi connectivity index (χ4v) is 2.67. The first kappa shape index (κ1) is 18.0. The first-order valence-electron chi connectivity index (χ1n) is 8.61. The molecule has 0 unspecified atom stereocenters. The first-order valence-corrected chi connectivity index (χ1v) is 8.61. The number of nitrogens with one attached hydrogen (secondary N) is 1. The number of hydrogen-bond donors (Lipinski definition) is 1. The Morgan fingerprint density at radius 3 is 2.58 bits per heavy atom. The van der Waals surface area contributed by atoms with Gasteiger partial charge in [0.15, 0.2) is 6.61 Å². The van der Waals surface area contributed by atoms with Gasteiger partial charge in [-0.1, -0.05) is 0 Å². The summed E-state index contributed by atoms with van der Waals surface area (Å²) < 4.78 is 15.5. The van der Waals surface area contributed by atoms with Crippen LogP contribution >= 0.6 is 0 Å². The summed E-state index contributed by atoms with van der Waals surface area (Å²) in [6.45, 7) is 2.87. The van der Waals surface area contributed by atoms with E-state index in [2.05, 4.69) is 10.2 Å². The highest BCUT2D eigenvalue weighted by atomic mass is 16.5. The van der Waals surface area contributed by atoms with Gasteiger partial charge >= 0.3 is 5.97 Å². The minimum absolute atomic E-state index is 0.176. The number of furan rings is 1. The maximum absolute atomic E-state index is 11.9. The van der Waals surface area contributed by atoms with Gasteiger partial charge in [-0.2, -0.15) is 0 Å². The van der Waals surface area contributed by atoms with E-state index in [0.29, 0.717) is 17.9 Å². The molecule has 7 nitrogen and oxygen atoms in total. The second kappa shape index (κ2) is 9.05. The molecule has 0 saturated carbocycles. The number of benzene rings is 1. The van der Waals surface area contributed by atoms with Crippen molar-refractivity contribution in [3.05, 3.63) is 48.4 Å². The van der Waals surface area contributed by atoms with E-state index < -0.39 is 5.97 Å². The molecule has 26 heavy (non-hydrogen) atoms. The minimum Gasteiger partial charge on any atom is -0.469 e. The Labute approximate surface area is 151 Å².